The van der Waals surface area contributed by atoms with E-state index in [9.17, 15) is 4.79 Å². The highest BCUT2D eigenvalue weighted by Gasteiger charge is 2.58. The van der Waals surface area contributed by atoms with E-state index in [-0.39, 0.29) is 11.4 Å². The molecule has 2 atom stereocenters. The Labute approximate surface area is 177 Å². The summed E-state index contributed by atoms with van der Waals surface area (Å²) < 4.78 is 5.97. The summed E-state index contributed by atoms with van der Waals surface area (Å²) in [5, 5.41) is 0. The molecule has 0 aliphatic heterocycles. The van der Waals surface area contributed by atoms with Gasteiger partial charge in [0, 0.05) is 11.0 Å². The standard InChI is InChI=1S/C28H24O2/c1-19(2)26(30-27(29)20-11-5-3-6-12-20)24-17-22-18-28(22,21-13-7-4-8-14-21)25-16-10-9-15-23(24)25/h3-17,22H,18H2,1-2H3. The average molecular weight is 392 g/mol. The fourth-order valence-electron chi connectivity index (χ4n) is 4.77. The van der Waals surface area contributed by atoms with Crippen molar-refractivity contribution in [3.63, 3.8) is 0 Å². The summed E-state index contributed by atoms with van der Waals surface area (Å²) >= 11 is 0. The second-order valence-corrected chi connectivity index (χ2v) is 8.36. The monoisotopic (exact) mass is 392 g/mol. The summed E-state index contributed by atoms with van der Waals surface area (Å²) in [6.07, 6.45) is 3.40. The van der Waals surface area contributed by atoms with Gasteiger partial charge >= 0.3 is 5.97 Å². The number of benzene rings is 3. The van der Waals surface area contributed by atoms with Crippen molar-refractivity contribution in [3.8, 4) is 0 Å². The molecule has 0 aromatic heterocycles. The summed E-state index contributed by atoms with van der Waals surface area (Å²) in [6.45, 7) is 4.01. The zero-order chi connectivity index (χ0) is 20.7. The number of hydrogen-bond donors (Lipinski definition) is 0. The van der Waals surface area contributed by atoms with E-state index >= 15 is 0 Å². The molecular weight excluding hydrogens is 368 g/mol. The molecule has 2 aliphatic rings. The molecule has 0 saturated heterocycles. The number of rotatable bonds is 4. The second-order valence-electron chi connectivity index (χ2n) is 8.36. The zero-order valence-electron chi connectivity index (χ0n) is 17.3. The molecule has 2 unspecified atom stereocenters. The van der Waals surface area contributed by atoms with Gasteiger partial charge in [-0.05, 0) is 60.6 Å². The number of carbonyl (C=O) groups excluding carboxylic acids is 1. The molecule has 3 aromatic carbocycles. The number of allylic oxidation sites excluding steroid dienone is 3. The fourth-order valence-corrected chi connectivity index (χ4v) is 4.77. The molecule has 1 saturated carbocycles. The van der Waals surface area contributed by atoms with E-state index in [1.54, 1.807) is 12.1 Å². The summed E-state index contributed by atoms with van der Waals surface area (Å²) in [7, 11) is 0. The molecule has 1 fully saturated rings. The van der Waals surface area contributed by atoms with Gasteiger partial charge < -0.3 is 4.74 Å². The fraction of sp³-hybridized carbons (Fsp3) is 0.179. The van der Waals surface area contributed by atoms with Gasteiger partial charge in [-0.1, -0.05) is 78.9 Å². The quantitative estimate of drug-likeness (QED) is 0.372. The third kappa shape index (κ3) is 2.91. The van der Waals surface area contributed by atoms with Gasteiger partial charge in [0.1, 0.15) is 5.76 Å². The smallest absolute Gasteiger partial charge is 0.343 e. The molecule has 3 aromatic rings. The summed E-state index contributed by atoms with van der Waals surface area (Å²) in [5.41, 5.74) is 6.47. The third-order valence-electron chi connectivity index (χ3n) is 6.27. The lowest BCUT2D eigenvalue weighted by atomic mass is 9.77. The maximum absolute atomic E-state index is 12.8. The van der Waals surface area contributed by atoms with Crippen LogP contribution in [0.4, 0.5) is 0 Å². The maximum atomic E-state index is 12.8. The summed E-state index contributed by atoms with van der Waals surface area (Å²) in [4.78, 5) is 12.8. The van der Waals surface area contributed by atoms with Gasteiger partial charge in [0.25, 0.3) is 0 Å². The van der Waals surface area contributed by atoms with Crippen LogP contribution in [0.1, 0.15) is 47.3 Å². The molecule has 0 amide bonds. The van der Waals surface area contributed by atoms with Gasteiger partial charge in [0.15, 0.2) is 0 Å². The highest BCUT2D eigenvalue weighted by Crippen LogP contribution is 2.64. The molecule has 30 heavy (non-hydrogen) atoms. The number of ether oxygens (including phenoxy) is 1. The lowest BCUT2D eigenvalue weighted by Crippen LogP contribution is -2.19. The highest BCUT2D eigenvalue weighted by molar-refractivity contribution is 5.93. The Morgan fingerprint density at radius 2 is 1.50 bits per heavy atom. The van der Waals surface area contributed by atoms with E-state index in [4.69, 9.17) is 4.74 Å². The van der Waals surface area contributed by atoms with E-state index in [0.717, 1.165) is 23.1 Å². The lowest BCUT2D eigenvalue weighted by Gasteiger charge is -2.28. The van der Waals surface area contributed by atoms with Crippen LogP contribution < -0.4 is 0 Å². The van der Waals surface area contributed by atoms with Crippen LogP contribution >= 0.6 is 0 Å². The van der Waals surface area contributed by atoms with Crippen LogP contribution in [0.5, 0.6) is 0 Å². The molecule has 2 nitrogen and oxygen atoms in total. The Bertz CT molecular complexity index is 1170. The minimum atomic E-state index is -0.319. The van der Waals surface area contributed by atoms with Gasteiger partial charge in [-0.15, -0.1) is 0 Å². The Morgan fingerprint density at radius 1 is 0.867 bits per heavy atom. The van der Waals surface area contributed by atoms with Crippen molar-refractivity contribution in [2.45, 2.75) is 25.7 Å². The number of carbonyl (C=O) groups is 1. The van der Waals surface area contributed by atoms with E-state index in [1.807, 2.05) is 32.0 Å². The first kappa shape index (κ1) is 18.6. The lowest BCUT2D eigenvalue weighted by molar-refractivity contribution is 0.0637. The number of hydrogen-bond acceptors (Lipinski definition) is 2. The van der Waals surface area contributed by atoms with Crippen molar-refractivity contribution in [1.82, 2.24) is 0 Å². The summed E-state index contributed by atoms with van der Waals surface area (Å²) in [5.74, 6) is 0.764. The van der Waals surface area contributed by atoms with E-state index < -0.39 is 0 Å². The topological polar surface area (TPSA) is 26.3 Å². The van der Waals surface area contributed by atoms with Crippen molar-refractivity contribution in [1.29, 1.82) is 0 Å². The zero-order valence-corrected chi connectivity index (χ0v) is 17.3. The van der Waals surface area contributed by atoms with Gasteiger partial charge in [-0.25, -0.2) is 4.79 Å². The van der Waals surface area contributed by atoms with Crippen LogP contribution in [0.25, 0.3) is 5.57 Å². The van der Waals surface area contributed by atoms with Crippen molar-refractivity contribution in [2.24, 2.45) is 5.92 Å². The Balaban J connectivity index is 1.57. The Hall–Kier alpha value is -3.39. The van der Waals surface area contributed by atoms with Crippen molar-refractivity contribution in [2.75, 3.05) is 0 Å². The van der Waals surface area contributed by atoms with Crippen molar-refractivity contribution < 1.29 is 9.53 Å². The van der Waals surface area contributed by atoms with Crippen LogP contribution in [0, 0.1) is 5.92 Å². The molecule has 0 heterocycles. The predicted molar refractivity (Wildman–Crippen MR) is 120 cm³/mol. The number of esters is 1. The molecule has 2 heteroatoms. The molecule has 148 valence electrons. The molecule has 0 spiro atoms. The Morgan fingerprint density at radius 3 is 2.20 bits per heavy atom. The normalized spacial score (nSPS) is 21.0. The summed E-state index contributed by atoms with van der Waals surface area (Å²) in [6, 6.07) is 28.5. The Kier molecular flexibility index (Phi) is 4.43. The predicted octanol–water partition coefficient (Wildman–Crippen LogP) is 6.54. The van der Waals surface area contributed by atoms with Crippen molar-refractivity contribution in [3.05, 3.63) is 125 Å². The first-order chi connectivity index (χ1) is 14.6. The van der Waals surface area contributed by atoms with E-state index in [2.05, 4.69) is 60.7 Å². The van der Waals surface area contributed by atoms with Gasteiger partial charge in [-0.2, -0.15) is 0 Å². The molecule has 0 bridgehead atoms. The first-order valence-electron chi connectivity index (χ1n) is 10.4. The maximum Gasteiger partial charge on any atom is 0.343 e. The minimum Gasteiger partial charge on any atom is -0.422 e. The molecular formula is C28H24O2. The van der Waals surface area contributed by atoms with Crippen LogP contribution in [0.3, 0.4) is 0 Å². The van der Waals surface area contributed by atoms with E-state index in [0.29, 0.717) is 17.2 Å². The number of fused-ring (bicyclic) bond motifs is 3. The van der Waals surface area contributed by atoms with Gasteiger partial charge in [0.05, 0.1) is 5.56 Å². The largest absolute Gasteiger partial charge is 0.422 e. The minimum absolute atomic E-state index is 0.0392. The SMILES string of the molecule is CC(C)=C(OC(=O)c1ccccc1)C1=CC2CC2(c2ccccc2)c2ccccc21. The third-order valence-corrected chi connectivity index (χ3v) is 6.27. The van der Waals surface area contributed by atoms with E-state index in [1.165, 1.54) is 11.1 Å². The molecule has 2 aliphatic carbocycles. The van der Waals surface area contributed by atoms with Crippen LogP contribution in [0.15, 0.2) is 102 Å². The first-order valence-corrected chi connectivity index (χ1v) is 10.4. The van der Waals surface area contributed by atoms with Crippen LogP contribution in [-0.2, 0) is 10.2 Å². The molecule has 0 N–H and O–H groups in total. The van der Waals surface area contributed by atoms with Crippen LogP contribution in [0.2, 0.25) is 0 Å². The average Bonchev–Trinajstić information content (AvgIpc) is 3.54. The highest BCUT2D eigenvalue weighted by atomic mass is 16.5. The van der Waals surface area contributed by atoms with Crippen molar-refractivity contribution >= 4 is 11.5 Å². The van der Waals surface area contributed by atoms with Gasteiger partial charge in [-0.3, -0.25) is 0 Å². The molecule has 0 radical (unpaired) electrons. The van der Waals surface area contributed by atoms with Gasteiger partial charge in [0.2, 0.25) is 0 Å². The van der Waals surface area contributed by atoms with Crippen LogP contribution in [-0.4, -0.2) is 5.97 Å². The molecule has 5 rings (SSSR count). The second kappa shape index (κ2) is 7.14.